The lowest BCUT2D eigenvalue weighted by Gasteiger charge is -2.35. The van der Waals surface area contributed by atoms with Crippen molar-refractivity contribution in [2.45, 2.75) is 18.4 Å². The van der Waals surface area contributed by atoms with Gasteiger partial charge in [0.15, 0.2) is 0 Å². The van der Waals surface area contributed by atoms with Gasteiger partial charge in [0.2, 0.25) is 0 Å². The normalized spacial score (nSPS) is 22.5. The monoisotopic (exact) mass is 402 g/mol. The third-order valence-corrected chi connectivity index (χ3v) is 5.61. The van der Waals surface area contributed by atoms with E-state index in [0.717, 1.165) is 11.3 Å². The molecule has 2 aromatic carbocycles. The minimum absolute atomic E-state index is 0.0123. The molecule has 3 atom stereocenters. The predicted octanol–water partition coefficient (Wildman–Crippen LogP) is 4.78. The Bertz CT molecular complexity index is 974. The SMILES string of the molecule is O=C(Nc1ccc2c(c1)[C@H]1C=CC[C@H]1[C@H](C(=O)O)N2)c1ccc(Cl)cc1Cl. The number of carbonyl (C=O) groups is 2. The van der Waals surface area contributed by atoms with E-state index in [4.69, 9.17) is 23.2 Å². The van der Waals surface area contributed by atoms with Crippen molar-refractivity contribution in [1.29, 1.82) is 0 Å². The third kappa shape index (κ3) is 3.29. The molecular formula is C20H16Cl2N2O3. The lowest BCUT2D eigenvalue weighted by atomic mass is 9.79. The topological polar surface area (TPSA) is 78.4 Å². The first kappa shape index (κ1) is 17.9. The Balaban J connectivity index is 1.62. The van der Waals surface area contributed by atoms with Crippen LogP contribution in [0.25, 0.3) is 0 Å². The van der Waals surface area contributed by atoms with Crippen LogP contribution in [-0.2, 0) is 4.79 Å². The Kier molecular flexibility index (Phi) is 4.58. The summed E-state index contributed by atoms with van der Waals surface area (Å²) in [5, 5.41) is 16.2. The molecule has 1 amide bonds. The molecule has 0 unspecified atom stereocenters. The van der Waals surface area contributed by atoms with Gasteiger partial charge >= 0.3 is 5.97 Å². The van der Waals surface area contributed by atoms with Crippen molar-refractivity contribution in [3.63, 3.8) is 0 Å². The van der Waals surface area contributed by atoms with Gasteiger partial charge in [-0.1, -0.05) is 35.4 Å². The average Bonchev–Trinajstić information content (AvgIpc) is 3.10. The maximum Gasteiger partial charge on any atom is 0.326 e. The van der Waals surface area contributed by atoms with Crippen LogP contribution >= 0.6 is 23.2 Å². The van der Waals surface area contributed by atoms with E-state index in [1.165, 1.54) is 6.07 Å². The number of hydrogen-bond acceptors (Lipinski definition) is 3. The maximum absolute atomic E-state index is 12.5. The van der Waals surface area contributed by atoms with Gasteiger partial charge in [0.1, 0.15) is 6.04 Å². The van der Waals surface area contributed by atoms with E-state index in [-0.39, 0.29) is 22.8 Å². The second-order valence-corrected chi connectivity index (χ2v) is 7.54. The molecular weight excluding hydrogens is 387 g/mol. The van der Waals surface area contributed by atoms with Crippen LogP contribution in [0.2, 0.25) is 10.0 Å². The Morgan fingerprint density at radius 2 is 1.96 bits per heavy atom. The van der Waals surface area contributed by atoms with Crippen molar-refractivity contribution in [2.75, 3.05) is 10.6 Å². The molecule has 4 rings (SSSR count). The number of carbonyl (C=O) groups excluding carboxylic acids is 1. The van der Waals surface area contributed by atoms with E-state index < -0.39 is 12.0 Å². The Morgan fingerprint density at radius 1 is 1.15 bits per heavy atom. The van der Waals surface area contributed by atoms with Crippen molar-refractivity contribution in [2.24, 2.45) is 5.92 Å². The number of fused-ring (bicyclic) bond motifs is 3. The number of aliphatic carboxylic acids is 1. The standard InChI is InChI=1S/C20H16Cl2N2O3/c21-10-4-6-14(16(22)8-10)19(25)23-11-5-7-17-15(9-11)12-2-1-3-13(12)18(24-17)20(26)27/h1-2,4-9,12-13,18,24H,3H2,(H,23,25)(H,26,27)/t12-,13+,18+/m0/s1. The smallest absolute Gasteiger partial charge is 0.326 e. The molecule has 0 radical (unpaired) electrons. The minimum Gasteiger partial charge on any atom is -0.480 e. The zero-order valence-corrected chi connectivity index (χ0v) is 15.6. The average molecular weight is 403 g/mol. The van der Waals surface area contributed by atoms with E-state index in [0.29, 0.717) is 22.7 Å². The van der Waals surface area contributed by atoms with Gasteiger partial charge in [-0.15, -0.1) is 0 Å². The zero-order valence-electron chi connectivity index (χ0n) is 14.1. The molecule has 2 aromatic rings. The van der Waals surface area contributed by atoms with Crippen LogP contribution in [0.5, 0.6) is 0 Å². The molecule has 1 heterocycles. The fourth-order valence-electron chi connectivity index (χ4n) is 3.79. The molecule has 7 heteroatoms. The number of allylic oxidation sites excluding steroid dienone is 2. The highest BCUT2D eigenvalue weighted by atomic mass is 35.5. The number of benzene rings is 2. The van der Waals surface area contributed by atoms with Crippen molar-refractivity contribution in [1.82, 2.24) is 0 Å². The molecule has 0 aromatic heterocycles. The second kappa shape index (κ2) is 6.91. The molecule has 2 aliphatic rings. The van der Waals surface area contributed by atoms with Crippen molar-refractivity contribution < 1.29 is 14.7 Å². The van der Waals surface area contributed by atoms with Crippen LogP contribution < -0.4 is 10.6 Å². The number of nitrogens with one attached hydrogen (secondary N) is 2. The van der Waals surface area contributed by atoms with Crippen LogP contribution in [0.4, 0.5) is 11.4 Å². The van der Waals surface area contributed by atoms with E-state index in [2.05, 4.69) is 10.6 Å². The summed E-state index contributed by atoms with van der Waals surface area (Å²) < 4.78 is 0. The molecule has 1 aliphatic carbocycles. The van der Waals surface area contributed by atoms with Gasteiger partial charge in [0.05, 0.1) is 10.6 Å². The minimum atomic E-state index is -0.853. The Labute approximate surface area is 166 Å². The zero-order chi connectivity index (χ0) is 19.1. The van der Waals surface area contributed by atoms with Gasteiger partial charge in [-0.05, 0) is 48.4 Å². The van der Waals surface area contributed by atoms with Gasteiger partial charge in [-0.2, -0.15) is 0 Å². The molecule has 0 saturated heterocycles. The first-order chi connectivity index (χ1) is 12.9. The number of carboxylic acid groups (broad SMARTS) is 1. The molecule has 138 valence electrons. The number of anilines is 2. The van der Waals surface area contributed by atoms with Gasteiger partial charge in [-0.25, -0.2) is 4.79 Å². The summed E-state index contributed by atoms with van der Waals surface area (Å²) in [6, 6.07) is 9.51. The number of amides is 1. The molecule has 1 aliphatic heterocycles. The third-order valence-electron chi connectivity index (χ3n) is 5.06. The van der Waals surface area contributed by atoms with Crippen molar-refractivity contribution in [3.05, 3.63) is 69.7 Å². The predicted molar refractivity (Wildman–Crippen MR) is 106 cm³/mol. The number of carboxylic acids is 1. The number of hydrogen-bond donors (Lipinski definition) is 3. The van der Waals surface area contributed by atoms with Gasteiger partial charge < -0.3 is 15.7 Å². The van der Waals surface area contributed by atoms with Gasteiger partial charge in [0, 0.05) is 28.2 Å². The van der Waals surface area contributed by atoms with Gasteiger partial charge in [0.25, 0.3) is 5.91 Å². The molecule has 0 spiro atoms. The first-order valence-corrected chi connectivity index (χ1v) is 9.26. The summed E-state index contributed by atoms with van der Waals surface area (Å²) >= 11 is 12.0. The lowest BCUT2D eigenvalue weighted by Crippen LogP contribution is -2.41. The summed E-state index contributed by atoms with van der Waals surface area (Å²) in [5.74, 6) is -1.21. The van der Waals surface area contributed by atoms with E-state index in [1.807, 2.05) is 18.2 Å². The highest BCUT2D eigenvalue weighted by Crippen LogP contribution is 2.45. The van der Waals surface area contributed by atoms with Crippen molar-refractivity contribution in [3.8, 4) is 0 Å². The van der Waals surface area contributed by atoms with E-state index in [9.17, 15) is 14.7 Å². The summed E-state index contributed by atoms with van der Waals surface area (Å²) in [7, 11) is 0. The fourth-order valence-corrected chi connectivity index (χ4v) is 4.28. The highest BCUT2D eigenvalue weighted by Gasteiger charge is 2.40. The van der Waals surface area contributed by atoms with Crippen LogP contribution in [0.3, 0.4) is 0 Å². The van der Waals surface area contributed by atoms with Gasteiger partial charge in [-0.3, -0.25) is 4.79 Å². The van der Waals surface area contributed by atoms with Crippen LogP contribution in [0, 0.1) is 5.92 Å². The number of rotatable bonds is 3. The Hall–Kier alpha value is -2.50. The summed E-state index contributed by atoms with van der Waals surface area (Å²) in [6.45, 7) is 0. The van der Waals surface area contributed by atoms with Crippen molar-refractivity contribution >= 4 is 46.5 Å². The maximum atomic E-state index is 12.5. The molecule has 0 saturated carbocycles. The van der Waals surface area contributed by atoms with E-state index >= 15 is 0 Å². The molecule has 3 N–H and O–H groups in total. The Morgan fingerprint density at radius 3 is 2.70 bits per heavy atom. The quantitative estimate of drug-likeness (QED) is 0.645. The lowest BCUT2D eigenvalue weighted by molar-refractivity contribution is -0.139. The number of halogens is 2. The first-order valence-electron chi connectivity index (χ1n) is 8.50. The van der Waals surface area contributed by atoms with Crippen LogP contribution in [0.15, 0.2) is 48.6 Å². The fraction of sp³-hybridized carbons (Fsp3) is 0.200. The molecule has 27 heavy (non-hydrogen) atoms. The summed E-state index contributed by atoms with van der Waals surface area (Å²) in [5.41, 5.74) is 2.71. The summed E-state index contributed by atoms with van der Waals surface area (Å²) in [4.78, 5) is 24.1. The van der Waals surface area contributed by atoms with E-state index in [1.54, 1.807) is 24.3 Å². The van der Waals surface area contributed by atoms with Crippen LogP contribution in [0.1, 0.15) is 28.3 Å². The molecule has 0 fully saturated rings. The largest absolute Gasteiger partial charge is 0.480 e. The second-order valence-electron chi connectivity index (χ2n) is 6.69. The highest BCUT2D eigenvalue weighted by molar-refractivity contribution is 6.37. The molecule has 0 bridgehead atoms. The molecule has 5 nitrogen and oxygen atoms in total. The summed E-state index contributed by atoms with van der Waals surface area (Å²) in [6.07, 6.45) is 4.77. The van der Waals surface area contributed by atoms with Crippen LogP contribution in [-0.4, -0.2) is 23.0 Å².